The summed E-state index contributed by atoms with van der Waals surface area (Å²) in [5, 5.41) is 4.30. The van der Waals surface area contributed by atoms with Crippen LogP contribution < -0.4 is 10.1 Å². The summed E-state index contributed by atoms with van der Waals surface area (Å²) >= 11 is 12.3. The van der Waals surface area contributed by atoms with Crippen LogP contribution in [-0.2, 0) is 0 Å². The van der Waals surface area contributed by atoms with E-state index >= 15 is 0 Å². The van der Waals surface area contributed by atoms with Crippen molar-refractivity contribution in [1.82, 2.24) is 5.32 Å². The topological polar surface area (TPSA) is 50.7 Å². The number of nitrogens with one attached hydrogen (secondary N) is 1. The third kappa shape index (κ3) is 4.70. The normalized spacial score (nSPS) is 22.5. The lowest BCUT2D eigenvalue weighted by molar-refractivity contribution is 0.101. The van der Waals surface area contributed by atoms with E-state index in [4.69, 9.17) is 32.9 Å². The molecule has 31 heavy (non-hydrogen) atoms. The lowest BCUT2D eigenvalue weighted by Crippen LogP contribution is -2.34. The molecule has 1 aliphatic heterocycles. The zero-order chi connectivity index (χ0) is 22.0. The SMILES string of the molecule is CCOc1cc(C(C)=O)ccc1C1=N[C@@H](c2ccc(Cl)cc2)C(C2=CCC(Cl)C=C2)N1. The molecule has 0 bridgehead atoms. The Hall–Kier alpha value is -2.56. The number of carbonyl (C=O) groups is 1. The number of rotatable bonds is 6. The molecule has 1 aliphatic carbocycles. The fourth-order valence-electron chi connectivity index (χ4n) is 3.87. The first-order chi connectivity index (χ1) is 15.0. The van der Waals surface area contributed by atoms with E-state index in [-0.39, 0.29) is 23.2 Å². The molecule has 1 N–H and O–H groups in total. The highest BCUT2D eigenvalue weighted by atomic mass is 35.5. The summed E-state index contributed by atoms with van der Waals surface area (Å²) in [6.07, 6.45) is 7.04. The summed E-state index contributed by atoms with van der Waals surface area (Å²) in [5.74, 6) is 1.38. The molecular formula is C25H24Cl2N2O2. The van der Waals surface area contributed by atoms with Crippen LogP contribution in [0.3, 0.4) is 0 Å². The Balaban J connectivity index is 1.75. The highest BCUT2D eigenvalue weighted by Crippen LogP contribution is 2.35. The molecule has 0 radical (unpaired) electrons. The molecule has 2 aromatic carbocycles. The number of carbonyl (C=O) groups excluding carboxylic acids is 1. The molecule has 1 heterocycles. The van der Waals surface area contributed by atoms with Gasteiger partial charge >= 0.3 is 0 Å². The third-order valence-electron chi connectivity index (χ3n) is 5.47. The summed E-state index contributed by atoms with van der Waals surface area (Å²) < 4.78 is 5.86. The van der Waals surface area contributed by atoms with Crippen LogP contribution in [0.4, 0.5) is 0 Å². The number of ether oxygens (including phenoxy) is 1. The van der Waals surface area contributed by atoms with Crippen LogP contribution in [0.1, 0.15) is 47.8 Å². The smallest absolute Gasteiger partial charge is 0.159 e. The van der Waals surface area contributed by atoms with Crippen molar-refractivity contribution in [3.63, 3.8) is 0 Å². The minimum atomic E-state index is -0.128. The molecular weight excluding hydrogens is 431 g/mol. The average Bonchev–Trinajstić information content (AvgIpc) is 3.20. The maximum atomic E-state index is 11.8. The van der Waals surface area contributed by atoms with Crippen molar-refractivity contribution in [2.24, 2.45) is 4.99 Å². The van der Waals surface area contributed by atoms with Gasteiger partial charge in [-0.25, -0.2) is 0 Å². The van der Waals surface area contributed by atoms with E-state index in [1.54, 1.807) is 13.0 Å². The monoisotopic (exact) mass is 454 g/mol. The van der Waals surface area contributed by atoms with Crippen molar-refractivity contribution >= 4 is 34.8 Å². The molecule has 0 fully saturated rings. The lowest BCUT2D eigenvalue weighted by Gasteiger charge is -2.23. The number of hydrogen-bond acceptors (Lipinski definition) is 4. The van der Waals surface area contributed by atoms with Crippen molar-refractivity contribution in [2.75, 3.05) is 6.61 Å². The number of allylic oxidation sites excluding steroid dienone is 2. The Morgan fingerprint density at radius 2 is 2.00 bits per heavy atom. The predicted molar refractivity (Wildman–Crippen MR) is 127 cm³/mol. The Morgan fingerprint density at radius 3 is 2.65 bits per heavy atom. The van der Waals surface area contributed by atoms with Gasteiger partial charge in [0.2, 0.25) is 0 Å². The summed E-state index contributed by atoms with van der Waals surface area (Å²) in [4.78, 5) is 16.9. The van der Waals surface area contributed by atoms with Crippen molar-refractivity contribution in [3.05, 3.63) is 88.0 Å². The van der Waals surface area contributed by atoms with Gasteiger partial charge < -0.3 is 10.1 Å². The minimum Gasteiger partial charge on any atom is -0.493 e. The molecule has 3 atom stereocenters. The Labute approximate surface area is 192 Å². The average molecular weight is 455 g/mol. The van der Waals surface area contributed by atoms with Gasteiger partial charge in [0, 0.05) is 10.6 Å². The van der Waals surface area contributed by atoms with Crippen molar-refractivity contribution in [2.45, 2.75) is 37.7 Å². The van der Waals surface area contributed by atoms with Crippen molar-refractivity contribution in [1.29, 1.82) is 0 Å². The van der Waals surface area contributed by atoms with Gasteiger partial charge in [0.25, 0.3) is 0 Å². The minimum absolute atomic E-state index is 0.00105. The van der Waals surface area contributed by atoms with Gasteiger partial charge in [-0.2, -0.15) is 0 Å². The molecule has 0 saturated carbocycles. The van der Waals surface area contributed by atoms with Gasteiger partial charge in [-0.3, -0.25) is 9.79 Å². The van der Waals surface area contributed by atoms with Gasteiger partial charge in [-0.15, -0.1) is 11.6 Å². The molecule has 160 valence electrons. The summed E-state index contributed by atoms with van der Waals surface area (Å²) in [6.45, 7) is 3.97. The van der Waals surface area contributed by atoms with Crippen molar-refractivity contribution < 1.29 is 9.53 Å². The van der Waals surface area contributed by atoms with Crippen LogP contribution in [0.25, 0.3) is 0 Å². The largest absolute Gasteiger partial charge is 0.493 e. The molecule has 2 aliphatic rings. The quantitative estimate of drug-likeness (QED) is 0.436. The lowest BCUT2D eigenvalue weighted by atomic mass is 9.91. The molecule has 4 nitrogen and oxygen atoms in total. The van der Waals surface area contributed by atoms with Gasteiger partial charge in [0.15, 0.2) is 5.78 Å². The maximum absolute atomic E-state index is 11.8. The number of amidine groups is 1. The van der Waals surface area contributed by atoms with E-state index in [0.29, 0.717) is 22.9 Å². The first kappa shape index (κ1) is 21.7. The first-order valence-corrected chi connectivity index (χ1v) is 11.2. The molecule has 4 rings (SSSR count). The van der Waals surface area contributed by atoms with E-state index in [9.17, 15) is 4.79 Å². The summed E-state index contributed by atoms with van der Waals surface area (Å²) in [7, 11) is 0. The Morgan fingerprint density at radius 1 is 1.23 bits per heavy atom. The molecule has 0 amide bonds. The summed E-state index contributed by atoms with van der Waals surface area (Å²) in [6, 6.07) is 13.1. The van der Waals surface area contributed by atoms with E-state index in [0.717, 1.165) is 29.0 Å². The maximum Gasteiger partial charge on any atom is 0.159 e. The predicted octanol–water partition coefficient (Wildman–Crippen LogP) is 5.89. The number of Topliss-reactive ketones (excluding diaryl/α,β-unsaturated/α-hetero) is 1. The van der Waals surface area contributed by atoms with Crippen molar-refractivity contribution in [3.8, 4) is 5.75 Å². The fraction of sp³-hybridized carbons (Fsp3) is 0.280. The number of benzene rings is 2. The third-order valence-corrected chi connectivity index (χ3v) is 6.04. The first-order valence-electron chi connectivity index (χ1n) is 10.4. The number of alkyl halides is 1. The Bertz CT molecular complexity index is 1070. The molecule has 2 aromatic rings. The molecule has 0 saturated heterocycles. The second-order valence-electron chi connectivity index (χ2n) is 7.61. The summed E-state index contributed by atoms with van der Waals surface area (Å²) in [5.41, 5.74) is 3.66. The van der Waals surface area contributed by atoms with Crippen LogP contribution in [0.2, 0.25) is 5.02 Å². The van der Waals surface area contributed by atoms with Crippen LogP contribution in [0.5, 0.6) is 5.75 Å². The highest BCUT2D eigenvalue weighted by Gasteiger charge is 2.34. The number of halogens is 2. The number of nitrogens with zero attached hydrogens (tertiary/aromatic N) is 1. The number of aliphatic imine (C=N–C) groups is 1. The van der Waals surface area contributed by atoms with Crippen LogP contribution in [0.15, 0.2) is 71.3 Å². The molecule has 0 aromatic heterocycles. The van der Waals surface area contributed by atoms with E-state index in [1.807, 2.05) is 49.4 Å². The van der Waals surface area contributed by atoms with E-state index < -0.39 is 0 Å². The second-order valence-corrected chi connectivity index (χ2v) is 8.61. The number of ketones is 1. The van der Waals surface area contributed by atoms with Gasteiger partial charge in [0.1, 0.15) is 17.6 Å². The van der Waals surface area contributed by atoms with Gasteiger partial charge in [-0.1, -0.05) is 48.0 Å². The molecule has 6 heteroatoms. The second kappa shape index (κ2) is 9.29. The molecule has 0 spiro atoms. The molecule has 2 unspecified atom stereocenters. The number of hydrogen-bond donors (Lipinski definition) is 1. The zero-order valence-electron chi connectivity index (χ0n) is 17.4. The van der Waals surface area contributed by atoms with E-state index in [1.165, 1.54) is 0 Å². The standard InChI is InChI=1S/C25H24Cl2N2O2/c1-3-31-22-14-18(15(2)30)8-13-21(22)25-28-23(16-4-9-19(26)10-5-16)24(29-25)17-6-11-20(27)12-7-17/h4-11,13-14,20,23-24H,3,12H2,1-2H3,(H,28,29)/t20?,23-,24?/m0/s1. The highest BCUT2D eigenvalue weighted by molar-refractivity contribution is 6.30. The van der Waals surface area contributed by atoms with Crippen LogP contribution >= 0.6 is 23.2 Å². The van der Waals surface area contributed by atoms with Crippen LogP contribution in [0, 0.1) is 0 Å². The van der Waals surface area contributed by atoms with Crippen LogP contribution in [-0.4, -0.2) is 29.6 Å². The Kier molecular flexibility index (Phi) is 6.49. The van der Waals surface area contributed by atoms with Gasteiger partial charge in [0.05, 0.1) is 23.6 Å². The van der Waals surface area contributed by atoms with Gasteiger partial charge in [-0.05, 0) is 55.7 Å². The fourth-order valence-corrected chi connectivity index (χ4v) is 4.16. The van der Waals surface area contributed by atoms with E-state index in [2.05, 4.69) is 17.5 Å². The zero-order valence-corrected chi connectivity index (χ0v) is 19.0.